The first kappa shape index (κ1) is 11.1. The molecule has 0 aliphatic carbocycles. The van der Waals surface area contributed by atoms with Gasteiger partial charge < -0.3 is 0 Å². The van der Waals surface area contributed by atoms with E-state index >= 15 is 0 Å². The molecule has 0 saturated carbocycles. The fourth-order valence-electron chi connectivity index (χ4n) is 0.313. The van der Waals surface area contributed by atoms with Gasteiger partial charge in [0, 0.05) is 12.4 Å². The summed E-state index contributed by atoms with van der Waals surface area (Å²) in [7, 11) is 0. The second-order valence-electron chi connectivity index (χ2n) is 1.02. The number of aromatic nitrogens is 1. The van der Waals surface area contributed by atoms with Crippen molar-refractivity contribution in [2.24, 2.45) is 0 Å². The molecule has 38 valence electrons. The van der Waals surface area contributed by atoms with Crippen LogP contribution in [-0.4, -0.2) is 43.0 Å². The number of nitrogens with zero attached hydrogens (tertiary/aromatic N) is 1. The van der Waals surface area contributed by atoms with E-state index in [1.807, 2.05) is 18.2 Å². The minimum atomic E-state index is 0. The van der Waals surface area contributed by atoms with Crippen molar-refractivity contribution in [2.75, 3.05) is 0 Å². The second-order valence-corrected chi connectivity index (χ2v) is 1.02. The predicted molar refractivity (Wildman–Crippen MR) is 41.3 cm³/mol. The molecule has 0 radical (unpaired) electrons. The van der Waals surface area contributed by atoms with Crippen molar-refractivity contribution in [3.63, 3.8) is 0 Å². The Bertz CT molecular complexity index is 84.4. The third-order valence-corrected chi connectivity index (χ3v) is 0.566. The predicted octanol–water partition coefficient (Wildman–Crippen LogP) is -0.751. The first-order valence-corrected chi connectivity index (χ1v) is 1.85. The Morgan fingerprint density at radius 1 is 0.875 bits per heavy atom. The topological polar surface area (TPSA) is 12.9 Å². The summed E-state index contributed by atoms with van der Waals surface area (Å²) in [6, 6.07) is 5.72. The van der Waals surface area contributed by atoms with Crippen LogP contribution in [0.3, 0.4) is 0 Å². The summed E-state index contributed by atoms with van der Waals surface area (Å²) in [5.74, 6) is 0. The van der Waals surface area contributed by atoms with Crippen molar-refractivity contribution < 1.29 is 0 Å². The van der Waals surface area contributed by atoms with E-state index < -0.39 is 0 Å². The van der Waals surface area contributed by atoms with E-state index in [2.05, 4.69) is 4.98 Å². The van der Waals surface area contributed by atoms with E-state index in [9.17, 15) is 0 Å². The van der Waals surface area contributed by atoms with Crippen LogP contribution in [0.25, 0.3) is 0 Å². The Hall–Kier alpha value is 0.215. The molecular formula is C5H9BNNa. The molecule has 0 fully saturated rings. The van der Waals surface area contributed by atoms with Gasteiger partial charge in [0.15, 0.2) is 0 Å². The van der Waals surface area contributed by atoms with Crippen LogP contribution in [0.4, 0.5) is 0 Å². The van der Waals surface area contributed by atoms with E-state index in [0.717, 1.165) is 0 Å². The molecule has 0 saturated heterocycles. The van der Waals surface area contributed by atoms with Gasteiger partial charge in [-0.15, -0.1) is 0 Å². The van der Waals surface area contributed by atoms with E-state index in [-0.39, 0.29) is 38.0 Å². The average Bonchev–Trinajstić information content (AvgIpc) is 1.72. The van der Waals surface area contributed by atoms with Crippen molar-refractivity contribution in [3.8, 4) is 0 Å². The first-order valence-electron chi connectivity index (χ1n) is 1.85. The van der Waals surface area contributed by atoms with Crippen molar-refractivity contribution in [2.45, 2.75) is 0 Å². The largest absolute Gasteiger partial charge is 0.265 e. The third kappa shape index (κ3) is 4.38. The Kier molecular flexibility index (Phi) is 9.98. The maximum Gasteiger partial charge on any atom is 0.0267 e. The number of hydrogen-bond donors (Lipinski definition) is 0. The molecule has 1 aromatic heterocycles. The Morgan fingerprint density at radius 2 is 1.38 bits per heavy atom. The van der Waals surface area contributed by atoms with Gasteiger partial charge in [0.05, 0.1) is 8.41 Å². The van der Waals surface area contributed by atoms with Gasteiger partial charge >= 0.3 is 29.6 Å². The molecule has 0 aliphatic rings. The summed E-state index contributed by atoms with van der Waals surface area (Å²) in [5, 5.41) is 0. The van der Waals surface area contributed by atoms with Gasteiger partial charge in [0.25, 0.3) is 0 Å². The van der Waals surface area contributed by atoms with Crippen LogP contribution in [0.2, 0.25) is 0 Å². The minimum absolute atomic E-state index is 0. The fraction of sp³-hybridized carbons (Fsp3) is 0. The van der Waals surface area contributed by atoms with Crippen LogP contribution in [0, 0.1) is 0 Å². The molecule has 3 heteroatoms. The molecule has 0 amide bonds. The van der Waals surface area contributed by atoms with Crippen molar-refractivity contribution in [1.29, 1.82) is 0 Å². The SMILES string of the molecule is B.[NaH].c1ccncc1. The molecule has 8 heavy (non-hydrogen) atoms. The van der Waals surface area contributed by atoms with Gasteiger partial charge in [-0.05, 0) is 12.1 Å². The van der Waals surface area contributed by atoms with Crippen LogP contribution >= 0.6 is 0 Å². The molecule has 1 rings (SSSR count). The van der Waals surface area contributed by atoms with Gasteiger partial charge in [-0.25, -0.2) is 0 Å². The van der Waals surface area contributed by atoms with Crippen LogP contribution in [0.5, 0.6) is 0 Å². The molecule has 0 bridgehead atoms. The average molecular weight is 117 g/mol. The number of hydrogen-bond acceptors (Lipinski definition) is 1. The van der Waals surface area contributed by atoms with Gasteiger partial charge in [0.2, 0.25) is 0 Å². The quantitative estimate of drug-likeness (QED) is 0.407. The maximum absolute atomic E-state index is 3.78. The van der Waals surface area contributed by atoms with E-state index in [0.29, 0.717) is 0 Å². The summed E-state index contributed by atoms with van der Waals surface area (Å²) in [6.45, 7) is 0. The molecule has 0 aromatic carbocycles. The summed E-state index contributed by atoms with van der Waals surface area (Å²) in [4.78, 5) is 3.78. The fourth-order valence-corrected chi connectivity index (χ4v) is 0.313. The molecule has 0 N–H and O–H groups in total. The van der Waals surface area contributed by atoms with Crippen molar-refractivity contribution >= 4 is 38.0 Å². The van der Waals surface area contributed by atoms with E-state index in [4.69, 9.17) is 0 Å². The van der Waals surface area contributed by atoms with Gasteiger partial charge in [-0.1, -0.05) is 6.07 Å². The third-order valence-electron chi connectivity index (χ3n) is 0.566. The van der Waals surface area contributed by atoms with Gasteiger partial charge in [-0.3, -0.25) is 4.98 Å². The molecule has 1 aromatic rings. The number of pyridine rings is 1. The summed E-state index contributed by atoms with van der Waals surface area (Å²) in [6.07, 6.45) is 3.50. The zero-order valence-electron chi connectivity index (χ0n) is 3.33. The Balaban J connectivity index is 0. The van der Waals surface area contributed by atoms with Crippen LogP contribution in [0.15, 0.2) is 30.6 Å². The monoisotopic (exact) mass is 117 g/mol. The summed E-state index contributed by atoms with van der Waals surface area (Å²) < 4.78 is 0. The Morgan fingerprint density at radius 3 is 1.50 bits per heavy atom. The molecule has 0 unspecified atom stereocenters. The standard InChI is InChI=1S/C5H5N.BH3.Na.H/c1-2-4-6-5-3-1;;;/h1-5H;1H3;;. The smallest absolute Gasteiger partial charge is 0.0267 e. The summed E-state index contributed by atoms with van der Waals surface area (Å²) in [5.41, 5.74) is 0. The molecule has 0 atom stereocenters. The van der Waals surface area contributed by atoms with Crippen LogP contribution in [0.1, 0.15) is 0 Å². The molecular weight excluding hydrogens is 108 g/mol. The second kappa shape index (κ2) is 7.21. The van der Waals surface area contributed by atoms with Gasteiger partial charge in [0.1, 0.15) is 0 Å². The zero-order chi connectivity index (χ0) is 4.24. The van der Waals surface area contributed by atoms with Crippen molar-refractivity contribution in [3.05, 3.63) is 30.6 Å². The normalized spacial score (nSPS) is 6.00. The molecule has 1 nitrogen and oxygen atoms in total. The van der Waals surface area contributed by atoms with Gasteiger partial charge in [-0.2, -0.15) is 0 Å². The molecule has 0 aliphatic heterocycles. The Labute approximate surface area is 73.4 Å². The van der Waals surface area contributed by atoms with Crippen molar-refractivity contribution in [1.82, 2.24) is 4.98 Å². The maximum atomic E-state index is 3.78. The van der Waals surface area contributed by atoms with E-state index in [1.54, 1.807) is 12.4 Å². The van der Waals surface area contributed by atoms with E-state index in [1.165, 1.54) is 0 Å². The van der Waals surface area contributed by atoms with Crippen LogP contribution < -0.4 is 0 Å². The van der Waals surface area contributed by atoms with Crippen LogP contribution in [-0.2, 0) is 0 Å². The summed E-state index contributed by atoms with van der Waals surface area (Å²) >= 11 is 0. The first-order chi connectivity index (χ1) is 3.00. The molecule has 0 spiro atoms. The number of rotatable bonds is 0. The molecule has 1 heterocycles. The zero-order valence-corrected chi connectivity index (χ0v) is 3.33. The minimum Gasteiger partial charge on any atom is -0.265 e.